The molecule has 0 saturated carbocycles. The van der Waals surface area contributed by atoms with Gasteiger partial charge in [0, 0.05) is 25.8 Å². The Morgan fingerprint density at radius 1 is 0.917 bits per heavy atom. The van der Waals surface area contributed by atoms with Crippen LogP contribution in [0.2, 0.25) is 0 Å². The van der Waals surface area contributed by atoms with Gasteiger partial charge in [-0.2, -0.15) is 10.2 Å². The first-order valence-corrected chi connectivity index (χ1v) is 8.83. The van der Waals surface area contributed by atoms with E-state index in [0.29, 0.717) is 0 Å². The minimum atomic E-state index is 0.965. The molecule has 0 saturated heterocycles. The number of fused-ring (bicyclic) bond motifs is 1. The summed E-state index contributed by atoms with van der Waals surface area (Å²) in [6.45, 7) is 3.37. The lowest BCUT2D eigenvalue weighted by Crippen LogP contribution is -2.21. The molecule has 0 spiro atoms. The molecule has 1 aromatic carbocycles. The van der Waals surface area contributed by atoms with E-state index < -0.39 is 0 Å². The minimum absolute atomic E-state index is 0.965. The summed E-state index contributed by atoms with van der Waals surface area (Å²) >= 11 is 0. The van der Waals surface area contributed by atoms with Crippen molar-refractivity contribution in [1.82, 2.24) is 15.1 Å². The lowest BCUT2D eigenvalue weighted by Gasteiger charge is -2.16. The summed E-state index contributed by atoms with van der Waals surface area (Å²) in [5.74, 6) is 0. The highest BCUT2D eigenvalue weighted by Gasteiger charge is 2.21. The number of hydrogen-bond donors (Lipinski definition) is 0. The summed E-state index contributed by atoms with van der Waals surface area (Å²) in [7, 11) is 0. The predicted octanol–water partition coefficient (Wildman–Crippen LogP) is 3.68. The van der Waals surface area contributed by atoms with Crippen LogP contribution in [0.15, 0.2) is 60.3 Å². The Morgan fingerprint density at radius 2 is 1.79 bits per heavy atom. The topological polar surface area (TPSA) is 29.0 Å². The van der Waals surface area contributed by atoms with E-state index in [0.717, 1.165) is 44.6 Å². The first kappa shape index (κ1) is 15.3. The van der Waals surface area contributed by atoms with Gasteiger partial charge >= 0.3 is 0 Å². The van der Waals surface area contributed by atoms with Crippen LogP contribution >= 0.6 is 0 Å². The Balaban J connectivity index is 1.50. The van der Waals surface area contributed by atoms with Gasteiger partial charge in [-0.3, -0.25) is 4.90 Å². The molecule has 0 atom stereocenters. The van der Waals surface area contributed by atoms with Gasteiger partial charge in [0.1, 0.15) is 0 Å². The maximum atomic E-state index is 4.24. The number of nitrogens with zero attached hydrogens (tertiary/aromatic N) is 3. The van der Waals surface area contributed by atoms with Crippen LogP contribution in [0.5, 0.6) is 0 Å². The molecular formula is C21H23N3. The average molecular weight is 317 g/mol. The molecule has 122 valence electrons. The molecule has 0 amide bonds. The van der Waals surface area contributed by atoms with Crippen molar-refractivity contribution in [3.8, 4) is 0 Å². The van der Waals surface area contributed by atoms with Crippen molar-refractivity contribution in [2.75, 3.05) is 19.6 Å². The highest BCUT2D eigenvalue weighted by atomic mass is 15.1. The third-order valence-electron chi connectivity index (χ3n) is 5.06. The summed E-state index contributed by atoms with van der Waals surface area (Å²) in [5, 5.41) is 8.24. The fourth-order valence-electron chi connectivity index (χ4n) is 3.76. The molecule has 0 N–H and O–H groups in total. The zero-order valence-electron chi connectivity index (χ0n) is 14.0. The number of aromatic nitrogens is 2. The Hall–Kier alpha value is -2.26. The van der Waals surface area contributed by atoms with Crippen molar-refractivity contribution in [2.24, 2.45) is 0 Å². The van der Waals surface area contributed by atoms with E-state index in [1.165, 1.54) is 17.5 Å². The quantitative estimate of drug-likeness (QED) is 0.761. The monoisotopic (exact) mass is 317 g/mol. The fourth-order valence-corrected chi connectivity index (χ4v) is 3.76. The second kappa shape index (κ2) is 7.10. The SMILES string of the molecule is C1=CCN(CCC2=C(CCc3cccnn3)c3ccccc3C2)C1. The number of hydrogen-bond acceptors (Lipinski definition) is 3. The summed E-state index contributed by atoms with van der Waals surface area (Å²) in [4.78, 5) is 2.51. The average Bonchev–Trinajstić information content (AvgIpc) is 3.26. The normalized spacial score (nSPS) is 16.8. The molecule has 0 bridgehead atoms. The number of benzene rings is 1. The highest BCUT2D eigenvalue weighted by Crippen LogP contribution is 2.37. The van der Waals surface area contributed by atoms with Gasteiger partial charge in [0.15, 0.2) is 0 Å². The summed E-state index contributed by atoms with van der Waals surface area (Å²) < 4.78 is 0. The summed E-state index contributed by atoms with van der Waals surface area (Å²) in [6.07, 6.45) is 10.6. The van der Waals surface area contributed by atoms with Gasteiger partial charge in [-0.15, -0.1) is 0 Å². The number of aryl methyl sites for hydroxylation is 1. The molecular weight excluding hydrogens is 294 g/mol. The van der Waals surface area contributed by atoms with Gasteiger partial charge in [0.2, 0.25) is 0 Å². The molecule has 1 aliphatic carbocycles. The van der Waals surface area contributed by atoms with Crippen molar-refractivity contribution in [1.29, 1.82) is 0 Å². The first-order chi connectivity index (χ1) is 11.9. The van der Waals surface area contributed by atoms with E-state index in [1.807, 2.05) is 6.07 Å². The molecule has 2 aromatic rings. The van der Waals surface area contributed by atoms with Crippen LogP contribution < -0.4 is 0 Å². The van der Waals surface area contributed by atoms with Crippen molar-refractivity contribution in [2.45, 2.75) is 25.7 Å². The molecule has 0 radical (unpaired) electrons. The van der Waals surface area contributed by atoms with Crippen molar-refractivity contribution >= 4 is 5.57 Å². The first-order valence-electron chi connectivity index (χ1n) is 8.83. The second-order valence-corrected chi connectivity index (χ2v) is 6.61. The van der Waals surface area contributed by atoms with E-state index in [1.54, 1.807) is 17.3 Å². The molecule has 0 fully saturated rings. The molecule has 1 aromatic heterocycles. The summed E-state index contributed by atoms with van der Waals surface area (Å²) in [6, 6.07) is 12.9. The van der Waals surface area contributed by atoms with Crippen LogP contribution in [0, 0.1) is 0 Å². The van der Waals surface area contributed by atoms with E-state index in [4.69, 9.17) is 0 Å². The predicted molar refractivity (Wildman–Crippen MR) is 97.6 cm³/mol. The van der Waals surface area contributed by atoms with Gasteiger partial charge in [-0.05, 0) is 54.5 Å². The maximum absolute atomic E-state index is 4.24. The van der Waals surface area contributed by atoms with E-state index in [9.17, 15) is 0 Å². The molecule has 2 heterocycles. The van der Waals surface area contributed by atoms with Crippen LogP contribution in [0.4, 0.5) is 0 Å². The Morgan fingerprint density at radius 3 is 2.62 bits per heavy atom. The van der Waals surface area contributed by atoms with Crippen molar-refractivity contribution < 1.29 is 0 Å². The van der Waals surface area contributed by atoms with Gasteiger partial charge in [-0.1, -0.05) is 42.0 Å². The van der Waals surface area contributed by atoms with Crippen LogP contribution in [-0.2, 0) is 12.8 Å². The third kappa shape index (κ3) is 3.31. The Bertz CT molecular complexity index is 754. The van der Waals surface area contributed by atoms with Crippen LogP contribution in [0.25, 0.3) is 5.57 Å². The fraction of sp³-hybridized carbons (Fsp3) is 0.333. The second-order valence-electron chi connectivity index (χ2n) is 6.61. The molecule has 1 aliphatic heterocycles. The lowest BCUT2D eigenvalue weighted by molar-refractivity contribution is 0.356. The molecule has 2 aliphatic rings. The Kier molecular flexibility index (Phi) is 4.52. The standard InChI is InChI=1S/C21H23N3/c1-2-8-20-17(6-1)16-18(11-15-24-13-3-4-14-24)21(20)10-9-19-7-5-12-22-23-19/h1-8,12H,9-11,13-16H2. The van der Waals surface area contributed by atoms with E-state index in [2.05, 4.69) is 57.6 Å². The van der Waals surface area contributed by atoms with Crippen molar-refractivity contribution in [3.63, 3.8) is 0 Å². The Labute approximate surface area is 143 Å². The van der Waals surface area contributed by atoms with Gasteiger partial charge in [0.05, 0.1) is 5.69 Å². The lowest BCUT2D eigenvalue weighted by atomic mass is 9.98. The smallest absolute Gasteiger partial charge is 0.0634 e. The zero-order chi connectivity index (χ0) is 16.2. The number of allylic oxidation sites excluding steroid dienone is 1. The van der Waals surface area contributed by atoms with Crippen LogP contribution in [0.1, 0.15) is 29.7 Å². The van der Waals surface area contributed by atoms with E-state index >= 15 is 0 Å². The highest BCUT2D eigenvalue weighted by molar-refractivity contribution is 5.76. The molecule has 3 nitrogen and oxygen atoms in total. The number of rotatable bonds is 6. The zero-order valence-corrected chi connectivity index (χ0v) is 14.0. The molecule has 24 heavy (non-hydrogen) atoms. The van der Waals surface area contributed by atoms with Gasteiger partial charge < -0.3 is 0 Å². The maximum Gasteiger partial charge on any atom is 0.0634 e. The third-order valence-corrected chi connectivity index (χ3v) is 5.06. The van der Waals surface area contributed by atoms with Crippen LogP contribution in [0.3, 0.4) is 0 Å². The van der Waals surface area contributed by atoms with E-state index in [-0.39, 0.29) is 0 Å². The van der Waals surface area contributed by atoms with Gasteiger partial charge in [0.25, 0.3) is 0 Å². The largest absolute Gasteiger partial charge is 0.296 e. The summed E-state index contributed by atoms with van der Waals surface area (Å²) in [5.41, 5.74) is 7.19. The van der Waals surface area contributed by atoms with Gasteiger partial charge in [-0.25, -0.2) is 0 Å². The van der Waals surface area contributed by atoms with Crippen molar-refractivity contribution in [3.05, 3.63) is 77.1 Å². The molecule has 4 rings (SSSR count). The molecule has 0 unspecified atom stereocenters. The molecule has 3 heteroatoms. The minimum Gasteiger partial charge on any atom is -0.296 e. The van der Waals surface area contributed by atoms with Crippen LogP contribution in [-0.4, -0.2) is 34.7 Å².